The summed E-state index contributed by atoms with van der Waals surface area (Å²) in [4.78, 5) is 23.4. The lowest BCUT2D eigenvalue weighted by molar-refractivity contribution is 0.102. The minimum absolute atomic E-state index is 0.223. The van der Waals surface area contributed by atoms with Crippen molar-refractivity contribution >= 4 is 17.5 Å². The maximum Gasteiger partial charge on any atom is 0.274 e. The van der Waals surface area contributed by atoms with Gasteiger partial charge in [0.15, 0.2) is 0 Å². The highest BCUT2D eigenvalue weighted by Crippen LogP contribution is 2.15. The van der Waals surface area contributed by atoms with Crippen LogP contribution in [-0.4, -0.2) is 42.2 Å². The van der Waals surface area contributed by atoms with Crippen LogP contribution < -0.4 is 10.2 Å². The first kappa shape index (κ1) is 16.4. The largest absolute Gasteiger partial charge is 0.378 e. The summed E-state index contributed by atoms with van der Waals surface area (Å²) in [6, 6.07) is 9.56. The van der Waals surface area contributed by atoms with E-state index in [1.807, 2.05) is 36.1 Å². The third-order valence-corrected chi connectivity index (χ3v) is 3.99. The van der Waals surface area contributed by atoms with E-state index in [2.05, 4.69) is 22.2 Å². The van der Waals surface area contributed by atoms with Crippen LogP contribution >= 0.6 is 0 Å². The molecule has 2 aromatic rings. The number of anilines is 2. The van der Waals surface area contributed by atoms with E-state index in [-0.39, 0.29) is 5.91 Å². The Morgan fingerprint density at radius 2 is 1.92 bits per heavy atom. The molecule has 0 saturated carbocycles. The summed E-state index contributed by atoms with van der Waals surface area (Å²) in [5.74, 6) is 0.365. The van der Waals surface area contributed by atoms with Crippen molar-refractivity contribution < 1.29 is 9.53 Å². The van der Waals surface area contributed by atoms with E-state index >= 15 is 0 Å². The lowest BCUT2D eigenvalue weighted by Crippen LogP contribution is -2.37. The van der Waals surface area contributed by atoms with E-state index in [0.717, 1.165) is 30.9 Å². The molecule has 1 N–H and O–H groups in total. The van der Waals surface area contributed by atoms with Gasteiger partial charge in [-0.3, -0.25) is 4.79 Å². The summed E-state index contributed by atoms with van der Waals surface area (Å²) in [6.07, 6.45) is 0.974. The zero-order chi connectivity index (χ0) is 16.9. The van der Waals surface area contributed by atoms with E-state index in [1.165, 1.54) is 5.56 Å². The summed E-state index contributed by atoms with van der Waals surface area (Å²) in [6.45, 7) is 6.76. The molecule has 0 spiro atoms. The van der Waals surface area contributed by atoms with E-state index in [1.54, 1.807) is 6.07 Å². The zero-order valence-corrected chi connectivity index (χ0v) is 14.1. The maximum atomic E-state index is 12.5. The fraction of sp³-hybridized carbons (Fsp3) is 0.389. The highest BCUT2D eigenvalue weighted by molar-refractivity contribution is 6.03. The molecular formula is C18H22N4O2. The molecule has 0 radical (unpaired) electrons. The second-order valence-electron chi connectivity index (χ2n) is 5.80. The molecule has 0 atom stereocenters. The predicted octanol–water partition coefficient (Wildman–Crippen LogP) is 2.44. The number of morpholine rings is 1. The van der Waals surface area contributed by atoms with Crippen LogP contribution in [-0.2, 0) is 11.2 Å². The molecule has 0 aliphatic carbocycles. The lowest BCUT2D eigenvalue weighted by Gasteiger charge is -2.27. The monoisotopic (exact) mass is 326 g/mol. The second-order valence-corrected chi connectivity index (χ2v) is 5.80. The Labute approximate surface area is 141 Å². The smallest absolute Gasteiger partial charge is 0.274 e. The van der Waals surface area contributed by atoms with Crippen molar-refractivity contribution in [2.24, 2.45) is 0 Å². The Morgan fingerprint density at radius 3 is 2.58 bits per heavy atom. The van der Waals surface area contributed by atoms with Crippen LogP contribution in [0.4, 0.5) is 11.6 Å². The van der Waals surface area contributed by atoms with Crippen LogP contribution in [0.3, 0.4) is 0 Å². The number of ether oxygens (including phenoxy) is 1. The Bertz CT molecular complexity index is 709. The molecule has 126 valence electrons. The first-order valence-electron chi connectivity index (χ1n) is 8.24. The van der Waals surface area contributed by atoms with Crippen molar-refractivity contribution in [3.63, 3.8) is 0 Å². The van der Waals surface area contributed by atoms with Crippen LogP contribution in [0.25, 0.3) is 0 Å². The molecule has 6 nitrogen and oxygen atoms in total. The number of carbonyl (C=O) groups is 1. The van der Waals surface area contributed by atoms with Gasteiger partial charge in [0, 0.05) is 24.5 Å². The summed E-state index contributed by atoms with van der Waals surface area (Å²) < 4.78 is 5.35. The van der Waals surface area contributed by atoms with Crippen LogP contribution in [0, 0.1) is 6.92 Å². The molecule has 1 aliphatic heterocycles. The molecule has 3 rings (SSSR count). The summed E-state index contributed by atoms with van der Waals surface area (Å²) in [7, 11) is 0. The quantitative estimate of drug-likeness (QED) is 0.935. The van der Waals surface area contributed by atoms with Gasteiger partial charge in [-0.2, -0.15) is 0 Å². The molecular weight excluding hydrogens is 304 g/mol. The van der Waals surface area contributed by atoms with Gasteiger partial charge in [0.25, 0.3) is 5.91 Å². The van der Waals surface area contributed by atoms with E-state index in [9.17, 15) is 4.79 Å². The van der Waals surface area contributed by atoms with Crippen molar-refractivity contribution in [2.45, 2.75) is 20.3 Å². The summed E-state index contributed by atoms with van der Waals surface area (Å²) in [5.41, 5.74) is 3.16. The van der Waals surface area contributed by atoms with E-state index < -0.39 is 0 Å². The van der Waals surface area contributed by atoms with Crippen LogP contribution in [0.2, 0.25) is 0 Å². The number of amides is 1. The first-order valence-corrected chi connectivity index (χ1v) is 8.24. The van der Waals surface area contributed by atoms with E-state index in [4.69, 9.17) is 4.74 Å². The first-order chi connectivity index (χ1) is 11.7. The Morgan fingerprint density at radius 1 is 1.21 bits per heavy atom. The number of nitrogens with one attached hydrogen (secondary N) is 1. The number of aryl methyl sites for hydroxylation is 2. The minimum atomic E-state index is -0.223. The number of carbonyl (C=O) groups excluding carboxylic acids is 1. The highest BCUT2D eigenvalue weighted by atomic mass is 16.5. The standard InChI is InChI=1S/C18H22N4O2/c1-3-14-4-6-15(7-5-14)20-17(23)16-12-13(2)19-18(21-16)22-8-10-24-11-9-22/h4-7,12H,3,8-11H2,1-2H3,(H,20,23). The molecule has 2 heterocycles. The van der Waals surface area contributed by atoms with Gasteiger partial charge in [-0.15, -0.1) is 0 Å². The van der Waals surface area contributed by atoms with Crippen LogP contribution in [0.15, 0.2) is 30.3 Å². The molecule has 6 heteroatoms. The fourth-order valence-electron chi connectivity index (χ4n) is 2.59. The molecule has 1 saturated heterocycles. The maximum absolute atomic E-state index is 12.5. The Kier molecular flexibility index (Phi) is 5.05. The number of nitrogens with zero attached hydrogens (tertiary/aromatic N) is 3. The van der Waals surface area contributed by atoms with Gasteiger partial charge in [-0.25, -0.2) is 9.97 Å². The van der Waals surface area contributed by atoms with E-state index in [0.29, 0.717) is 24.9 Å². The predicted molar refractivity (Wildman–Crippen MR) is 93.6 cm³/mol. The SMILES string of the molecule is CCc1ccc(NC(=O)c2cc(C)nc(N3CCOCC3)n2)cc1. The second kappa shape index (κ2) is 7.40. The molecule has 1 aliphatic rings. The highest BCUT2D eigenvalue weighted by Gasteiger charge is 2.17. The molecule has 1 aromatic carbocycles. The van der Waals surface area contributed by atoms with Crippen LogP contribution in [0.1, 0.15) is 28.7 Å². The summed E-state index contributed by atoms with van der Waals surface area (Å²) in [5, 5.41) is 2.89. The molecule has 1 fully saturated rings. The number of benzene rings is 1. The Hall–Kier alpha value is -2.47. The normalized spacial score (nSPS) is 14.5. The topological polar surface area (TPSA) is 67.4 Å². The number of hydrogen-bond donors (Lipinski definition) is 1. The van der Waals surface area contributed by atoms with Gasteiger partial charge >= 0.3 is 0 Å². The van der Waals surface area contributed by atoms with Crippen molar-refractivity contribution in [1.29, 1.82) is 0 Å². The molecule has 0 bridgehead atoms. The van der Waals surface area contributed by atoms with Gasteiger partial charge in [0.05, 0.1) is 13.2 Å². The zero-order valence-electron chi connectivity index (χ0n) is 14.1. The van der Waals surface area contributed by atoms with Gasteiger partial charge in [-0.1, -0.05) is 19.1 Å². The third-order valence-electron chi connectivity index (χ3n) is 3.99. The third kappa shape index (κ3) is 3.89. The van der Waals surface area contributed by atoms with Crippen molar-refractivity contribution in [3.8, 4) is 0 Å². The average molecular weight is 326 g/mol. The van der Waals surface area contributed by atoms with Gasteiger partial charge in [0.1, 0.15) is 5.69 Å². The molecule has 1 amide bonds. The van der Waals surface area contributed by atoms with Crippen LogP contribution in [0.5, 0.6) is 0 Å². The molecule has 0 unspecified atom stereocenters. The minimum Gasteiger partial charge on any atom is -0.378 e. The van der Waals surface area contributed by atoms with Crippen molar-refractivity contribution in [2.75, 3.05) is 36.5 Å². The number of hydrogen-bond acceptors (Lipinski definition) is 5. The molecule has 24 heavy (non-hydrogen) atoms. The average Bonchev–Trinajstić information content (AvgIpc) is 2.62. The van der Waals surface area contributed by atoms with Crippen molar-refractivity contribution in [1.82, 2.24) is 9.97 Å². The van der Waals surface area contributed by atoms with Gasteiger partial charge in [-0.05, 0) is 37.1 Å². The Balaban J connectivity index is 1.77. The fourth-order valence-corrected chi connectivity index (χ4v) is 2.59. The lowest BCUT2D eigenvalue weighted by atomic mass is 10.1. The van der Waals surface area contributed by atoms with Gasteiger partial charge < -0.3 is 15.0 Å². The summed E-state index contributed by atoms with van der Waals surface area (Å²) >= 11 is 0. The van der Waals surface area contributed by atoms with Crippen molar-refractivity contribution in [3.05, 3.63) is 47.3 Å². The number of aromatic nitrogens is 2. The molecule has 1 aromatic heterocycles. The van der Waals surface area contributed by atoms with Gasteiger partial charge in [0.2, 0.25) is 5.95 Å². The number of rotatable bonds is 4.